The van der Waals surface area contributed by atoms with Crippen LogP contribution in [0.1, 0.15) is 26.3 Å². The van der Waals surface area contributed by atoms with Crippen LogP contribution in [0.15, 0.2) is 46.9 Å². The van der Waals surface area contributed by atoms with Gasteiger partial charge in [0.25, 0.3) is 5.91 Å². The summed E-state index contributed by atoms with van der Waals surface area (Å²) in [6.45, 7) is 0.156. The van der Waals surface area contributed by atoms with E-state index in [0.29, 0.717) is 5.56 Å². The zero-order valence-electron chi connectivity index (χ0n) is 10.8. The topological polar surface area (TPSA) is 66.4 Å². The summed E-state index contributed by atoms with van der Waals surface area (Å²) in [5.74, 6) is -1.99. The van der Waals surface area contributed by atoms with Gasteiger partial charge < -0.3 is 10.4 Å². The molecule has 0 fully saturated rings. The highest BCUT2D eigenvalue weighted by molar-refractivity contribution is 9.10. The van der Waals surface area contributed by atoms with Crippen molar-refractivity contribution in [3.05, 3.63) is 69.4 Å². The fourth-order valence-electron chi connectivity index (χ4n) is 1.77. The summed E-state index contributed by atoms with van der Waals surface area (Å²) in [4.78, 5) is 22.8. The van der Waals surface area contributed by atoms with E-state index in [2.05, 4.69) is 21.2 Å². The van der Waals surface area contributed by atoms with Crippen LogP contribution in [-0.2, 0) is 6.54 Å². The summed E-state index contributed by atoms with van der Waals surface area (Å²) in [5.41, 5.74) is 0.980. The van der Waals surface area contributed by atoms with Crippen LogP contribution in [0.4, 0.5) is 4.39 Å². The number of carboxylic acids is 1. The molecule has 2 aromatic carbocycles. The van der Waals surface area contributed by atoms with Crippen molar-refractivity contribution in [3.8, 4) is 0 Å². The first-order valence-corrected chi connectivity index (χ1v) is 6.83. The van der Waals surface area contributed by atoms with Gasteiger partial charge in [0.15, 0.2) is 0 Å². The van der Waals surface area contributed by atoms with Gasteiger partial charge in [-0.05, 0) is 45.8 Å². The van der Waals surface area contributed by atoms with Crippen LogP contribution in [0, 0.1) is 5.82 Å². The molecule has 21 heavy (non-hydrogen) atoms. The van der Waals surface area contributed by atoms with Crippen LogP contribution in [-0.4, -0.2) is 17.0 Å². The number of benzene rings is 2. The smallest absolute Gasteiger partial charge is 0.335 e. The average Bonchev–Trinajstić information content (AvgIpc) is 2.48. The van der Waals surface area contributed by atoms with Crippen molar-refractivity contribution in [1.29, 1.82) is 0 Å². The van der Waals surface area contributed by atoms with E-state index in [9.17, 15) is 14.0 Å². The Labute approximate surface area is 128 Å². The molecule has 0 aromatic heterocycles. The fourth-order valence-corrected chi connectivity index (χ4v) is 2.22. The molecular weight excluding hydrogens is 341 g/mol. The number of amides is 1. The Hall–Kier alpha value is -2.21. The van der Waals surface area contributed by atoms with Crippen molar-refractivity contribution in [3.63, 3.8) is 0 Å². The molecule has 0 aliphatic carbocycles. The molecule has 1 amide bonds. The minimum absolute atomic E-state index is 0.0989. The van der Waals surface area contributed by atoms with Gasteiger partial charge in [-0.3, -0.25) is 4.79 Å². The van der Waals surface area contributed by atoms with Gasteiger partial charge in [0.1, 0.15) is 5.82 Å². The van der Waals surface area contributed by atoms with Gasteiger partial charge in [-0.15, -0.1) is 0 Å². The lowest BCUT2D eigenvalue weighted by Crippen LogP contribution is -2.23. The lowest BCUT2D eigenvalue weighted by Gasteiger charge is -2.08. The first-order chi connectivity index (χ1) is 9.99. The molecule has 0 saturated carbocycles. The Bertz CT molecular complexity index is 703. The summed E-state index contributed by atoms with van der Waals surface area (Å²) < 4.78 is 13.5. The van der Waals surface area contributed by atoms with Crippen LogP contribution >= 0.6 is 15.9 Å². The standard InChI is InChI=1S/C15H11BrFNO3/c16-13-11(5-2-6-12(13)17)14(19)18-8-9-3-1-4-10(7-9)15(20)21/h1-7H,8H2,(H,18,19)(H,20,21). The van der Waals surface area contributed by atoms with E-state index in [-0.39, 0.29) is 22.1 Å². The van der Waals surface area contributed by atoms with Crippen molar-refractivity contribution < 1.29 is 19.1 Å². The van der Waals surface area contributed by atoms with Gasteiger partial charge in [0.2, 0.25) is 0 Å². The predicted molar refractivity (Wildman–Crippen MR) is 78.7 cm³/mol. The van der Waals surface area contributed by atoms with Crippen molar-refractivity contribution >= 4 is 27.8 Å². The van der Waals surface area contributed by atoms with Crippen LogP contribution in [0.2, 0.25) is 0 Å². The molecule has 0 heterocycles. The second kappa shape index (κ2) is 6.49. The highest BCUT2D eigenvalue weighted by Gasteiger charge is 2.13. The number of nitrogens with one attached hydrogen (secondary N) is 1. The van der Waals surface area contributed by atoms with E-state index in [1.807, 2.05) is 0 Å². The van der Waals surface area contributed by atoms with Crippen molar-refractivity contribution in [2.75, 3.05) is 0 Å². The lowest BCUT2D eigenvalue weighted by molar-refractivity contribution is 0.0696. The fraction of sp³-hybridized carbons (Fsp3) is 0.0667. The summed E-state index contributed by atoms with van der Waals surface area (Å²) in [6.07, 6.45) is 0. The third-order valence-corrected chi connectivity index (χ3v) is 3.63. The molecule has 0 spiro atoms. The number of hydrogen-bond acceptors (Lipinski definition) is 2. The second-order valence-corrected chi connectivity index (χ2v) is 5.08. The maximum Gasteiger partial charge on any atom is 0.335 e. The van der Waals surface area contributed by atoms with E-state index in [1.54, 1.807) is 12.1 Å². The van der Waals surface area contributed by atoms with Gasteiger partial charge in [-0.1, -0.05) is 18.2 Å². The molecule has 4 nitrogen and oxygen atoms in total. The molecule has 0 radical (unpaired) electrons. The molecule has 0 aliphatic rings. The summed E-state index contributed by atoms with van der Waals surface area (Å²) in [5, 5.41) is 11.5. The average molecular weight is 352 g/mol. The van der Waals surface area contributed by atoms with Gasteiger partial charge in [-0.2, -0.15) is 0 Å². The Morgan fingerprint density at radius 1 is 1.19 bits per heavy atom. The number of aromatic carboxylic acids is 1. The first kappa shape index (κ1) is 15.2. The molecule has 2 N–H and O–H groups in total. The minimum Gasteiger partial charge on any atom is -0.478 e. The second-order valence-electron chi connectivity index (χ2n) is 4.29. The number of carbonyl (C=O) groups is 2. The highest BCUT2D eigenvalue weighted by atomic mass is 79.9. The third kappa shape index (κ3) is 3.66. The van der Waals surface area contributed by atoms with Gasteiger partial charge >= 0.3 is 5.97 Å². The molecule has 6 heteroatoms. The SMILES string of the molecule is O=C(O)c1cccc(CNC(=O)c2cccc(F)c2Br)c1. The van der Waals surface area contributed by atoms with Gasteiger partial charge in [0, 0.05) is 6.54 Å². The molecular formula is C15H11BrFNO3. The molecule has 0 bridgehead atoms. The molecule has 0 saturated heterocycles. The Morgan fingerprint density at radius 2 is 1.90 bits per heavy atom. The van der Waals surface area contributed by atoms with Crippen molar-refractivity contribution in [2.24, 2.45) is 0 Å². The number of carboxylic acid groups (broad SMARTS) is 1. The third-order valence-electron chi connectivity index (χ3n) is 2.82. The summed E-state index contributed by atoms with van der Waals surface area (Å²) in [7, 11) is 0. The summed E-state index contributed by atoms with van der Waals surface area (Å²) >= 11 is 3.02. The first-order valence-electron chi connectivity index (χ1n) is 6.03. The van der Waals surface area contributed by atoms with Crippen molar-refractivity contribution in [2.45, 2.75) is 6.54 Å². The zero-order chi connectivity index (χ0) is 15.4. The van der Waals surface area contributed by atoms with E-state index in [0.717, 1.165) is 0 Å². The monoisotopic (exact) mass is 351 g/mol. The van der Waals surface area contributed by atoms with E-state index < -0.39 is 17.7 Å². The number of halogens is 2. The maximum atomic E-state index is 13.4. The Kier molecular flexibility index (Phi) is 4.70. The van der Waals surface area contributed by atoms with Crippen LogP contribution in [0.5, 0.6) is 0 Å². The highest BCUT2D eigenvalue weighted by Crippen LogP contribution is 2.20. The normalized spacial score (nSPS) is 10.2. The van der Waals surface area contributed by atoms with E-state index in [4.69, 9.17) is 5.11 Å². The molecule has 2 rings (SSSR count). The van der Waals surface area contributed by atoms with Gasteiger partial charge in [0.05, 0.1) is 15.6 Å². The van der Waals surface area contributed by atoms with Crippen LogP contribution in [0.3, 0.4) is 0 Å². The van der Waals surface area contributed by atoms with Crippen LogP contribution < -0.4 is 5.32 Å². The molecule has 0 unspecified atom stereocenters. The van der Waals surface area contributed by atoms with E-state index in [1.165, 1.54) is 30.3 Å². The minimum atomic E-state index is -1.03. The maximum absolute atomic E-state index is 13.4. The lowest BCUT2D eigenvalue weighted by atomic mass is 10.1. The number of hydrogen-bond donors (Lipinski definition) is 2. The Balaban J connectivity index is 2.09. The molecule has 108 valence electrons. The van der Waals surface area contributed by atoms with Gasteiger partial charge in [-0.25, -0.2) is 9.18 Å². The number of rotatable bonds is 4. The predicted octanol–water partition coefficient (Wildman–Crippen LogP) is 3.22. The molecule has 0 atom stereocenters. The largest absolute Gasteiger partial charge is 0.478 e. The summed E-state index contributed by atoms with van der Waals surface area (Å²) in [6, 6.07) is 10.4. The number of carbonyl (C=O) groups excluding carboxylic acids is 1. The zero-order valence-corrected chi connectivity index (χ0v) is 12.4. The van der Waals surface area contributed by atoms with Crippen LogP contribution in [0.25, 0.3) is 0 Å². The van der Waals surface area contributed by atoms with E-state index >= 15 is 0 Å². The Morgan fingerprint density at radius 3 is 2.62 bits per heavy atom. The van der Waals surface area contributed by atoms with Crippen molar-refractivity contribution in [1.82, 2.24) is 5.32 Å². The molecule has 0 aliphatic heterocycles. The quantitative estimate of drug-likeness (QED) is 0.888. The molecule has 2 aromatic rings.